The predicted octanol–water partition coefficient (Wildman–Crippen LogP) is 1.67. The third-order valence-electron chi connectivity index (χ3n) is 4.20. The first-order chi connectivity index (χ1) is 10.6. The van der Waals surface area contributed by atoms with Gasteiger partial charge in [-0.05, 0) is 25.0 Å². The summed E-state index contributed by atoms with van der Waals surface area (Å²) in [6.07, 6.45) is 2.00. The minimum absolute atomic E-state index is 0.146. The van der Waals surface area contributed by atoms with Crippen LogP contribution in [0.2, 0.25) is 0 Å². The number of hydrogen-bond donors (Lipinski definition) is 1. The van der Waals surface area contributed by atoms with Gasteiger partial charge in [-0.15, -0.1) is 0 Å². The molecule has 1 aliphatic heterocycles. The number of carbonyl (C=O) groups is 2. The number of hydrogen-bond acceptors (Lipinski definition) is 3. The third kappa shape index (κ3) is 2.45. The zero-order valence-electron chi connectivity index (χ0n) is 12.5. The summed E-state index contributed by atoms with van der Waals surface area (Å²) in [5, 5.41) is 9.22. The van der Waals surface area contributed by atoms with E-state index in [1.54, 1.807) is 0 Å². The molecule has 1 saturated heterocycles. The van der Waals surface area contributed by atoms with Crippen LogP contribution < -0.4 is 0 Å². The van der Waals surface area contributed by atoms with Gasteiger partial charge >= 0.3 is 5.97 Å². The molecule has 0 spiro atoms. The Kier molecular flexibility index (Phi) is 3.83. The van der Waals surface area contributed by atoms with Gasteiger partial charge in [0.15, 0.2) is 0 Å². The smallest absolute Gasteiger partial charge is 0.326 e. The van der Waals surface area contributed by atoms with Gasteiger partial charge in [0.1, 0.15) is 18.4 Å². The van der Waals surface area contributed by atoms with E-state index in [-0.39, 0.29) is 12.5 Å². The van der Waals surface area contributed by atoms with Crippen LogP contribution in [0.25, 0.3) is 11.0 Å². The van der Waals surface area contributed by atoms with Gasteiger partial charge in [-0.3, -0.25) is 4.79 Å². The molecule has 0 radical (unpaired) electrons. The molecule has 2 aromatic rings. The van der Waals surface area contributed by atoms with Gasteiger partial charge in [0.25, 0.3) is 0 Å². The molecule has 22 heavy (non-hydrogen) atoms. The lowest BCUT2D eigenvalue weighted by molar-refractivity contribution is -0.148. The molecule has 1 atom stereocenters. The first-order valence-corrected chi connectivity index (χ1v) is 7.58. The van der Waals surface area contributed by atoms with Crippen LogP contribution in [0.15, 0.2) is 24.3 Å². The van der Waals surface area contributed by atoms with E-state index in [1.165, 1.54) is 4.90 Å². The second-order valence-electron chi connectivity index (χ2n) is 5.54. The van der Waals surface area contributed by atoms with Gasteiger partial charge in [0, 0.05) is 13.0 Å². The number of rotatable bonds is 4. The highest BCUT2D eigenvalue weighted by molar-refractivity contribution is 5.85. The topological polar surface area (TPSA) is 75.4 Å². The molecule has 1 aromatic heterocycles. The summed E-state index contributed by atoms with van der Waals surface area (Å²) in [5.74, 6) is -0.222. The average Bonchev–Trinajstić information content (AvgIpc) is 3.12. The number of amides is 1. The number of nitrogens with zero attached hydrogens (tertiary/aromatic N) is 3. The lowest BCUT2D eigenvalue weighted by atomic mass is 10.2. The van der Waals surface area contributed by atoms with Crippen molar-refractivity contribution in [3.05, 3.63) is 30.1 Å². The van der Waals surface area contributed by atoms with Crippen LogP contribution in [-0.4, -0.2) is 44.0 Å². The molecule has 0 aliphatic carbocycles. The fourth-order valence-electron chi connectivity index (χ4n) is 3.12. The zero-order chi connectivity index (χ0) is 15.7. The van der Waals surface area contributed by atoms with Crippen molar-refractivity contribution < 1.29 is 14.7 Å². The van der Waals surface area contributed by atoms with Crippen LogP contribution in [0.5, 0.6) is 0 Å². The van der Waals surface area contributed by atoms with Crippen molar-refractivity contribution in [2.75, 3.05) is 6.54 Å². The summed E-state index contributed by atoms with van der Waals surface area (Å²) in [6.45, 7) is 2.66. The number of likely N-dealkylation sites (tertiary alicyclic amines) is 1. The number of carbonyl (C=O) groups excluding carboxylic acids is 1. The maximum absolute atomic E-state index is 12.6. The van der Waals surface area contributed by atoms with E-state index >= 15 is 0 Å². The van der Waals surface area contributed by atoms with Crippen LogP contribution in [0.1, 0.15) is 25.6 Å². The molecular formula is C16H19N3O3. The van der Waals surface area contributed by atoms with E-state index < -0.39 is 12.0 Å². The van der Waals surface area contributed by atoms with Gasteiger partial charge in [0.2, 0.25) is 5.91 Å². The third-order valence-corrected chi connectivity index (χ3v) is 4.20. The van der Waals surface area contributed by atoms with Gasteiger partial charge in [-0.2, -0.15) is 0 Å². The Morgan fingerprint density at radius 3 is 2.86 bits per heavy atom. The molecule has 3 rings (SSSR count). The number of fused-ring (bicyclic) bond motifs is 1. The molecule has 0 unspecified atom stereocenters. The van der Waals surface area contributed by atoms with Crippen LogP contribution in [0.4, 0.5) is 0 Å². The summed E-state index contributed by atoms with van der Waals surface area (Å²) in [5.41, 5.74) is 1.78. The van der Waals surface area contributed by atoms with Gasteiger partial charge in [0.05, 0.1) is 11.0 Å². The number of carboxylic acid groups (broad SMARTS) is 1. The first kappa shape index (κ1) is 14.6. The number of benzene rings is 1. The highest BCUT2D eigenvalue weighted by atomic mass is 16.4. The molecule has 1 aromatic carbocycles. The van der Waals surface area contributed by atoms with E-state index in [0.29, 0.717) is 13.0 Å². The number of imidazole rings is 1. The van der Waals surface area contributed by atoms with Crippen molar-refractivity contribution in [1.82, 2.24) is 14.5 Å². The van der Waals surface area contributed by atoms with Gasteiger partial charge in [-0.25, -0.2) is 9.78 Å². The molecular weight excluding hydrogens is 282 g/mol. The van der Waals surface area contributed by atoms with Crippen molar-refractivity contribution in [1.29, 1.82) is 0 Å². The Morgan fingerprint density at radius 2 is 2.14 bits per heavy atom. The van der Waals surface area contributed by atoms with Crippen LogP contribution in [-0.2, 0) is 22.6 Å². The summed E-state index contributed by atoms with van der Waals surface area (Å²) in [7, 11) is 0. The Labute approximate surface area is 128 Å². The lowest BCUT2D eigenvalue weighted by Crippen LogP contribution is -2.42. The summed E-state index contributed by atoms with van der Waals surface area (Å²) in [4.78, 5) is 29.8. The largest absolute Gasteiger partial charge is 0.480 e. The van der Waals surface area contributed by atoms with Crippen molar-refractivity contribution in [2.45, 2.75) is 38.8 Å². The first-order valence-electron chi connectivity index (χ1n) is 7.58. The maximum atomic E-state index is 12.6. The van der Waals surface area contributed by atoms with Crippen LogP contribution in [0, 0.1) is 0 Å². The number of aliphatic carboxylic acids is 1. The second-order valence-corrected chi connectivity index (χ2v) is 5.54. The van der Waals surface area contributed by atoms with Crippen molar-refractivity contribution in [2.24, 2.45) is 0 Å². The SMILES string of the molecule is CCc1nc2ccccc2n1CC(=O)N1CCC[C@@H]1C(=O)O. The molecule has 0 saturated carbocycles. The molecule has 1 fully saturated rings. The molecule has 1 N–H and O–H groups in total. The molecule has 1 aliphatic rings. The maximum Gasteiger partial charge on any atom is 0.326 e. The highest BCUT2D eigenvalue weighted by Gasteiger charge is 2.34. The minimum atomic E-state index is -0.919. The Bertz CT molecular complexity index is 722. The minimum Gasteiger partial charge on any atom is -0.480 e. The van der Waals surface area contributed by atoms with Crippen molar-refractivity contribution in [3.8, 4) is 0 Å². The van der Waals surface area contributed by atoms with Crippen molar-refractivity contribution in [3.63, 3.8) is 0 Å². The molecule has 1 amide bonds. The second kappa shape index (κ2) is 5.79. The van der Waals surface area contributed by atoms with Crippen LogP contribution in [0.3, 0.4) is 0 Å². The zero-order valence-corrected chi connectivity index (χ0v) is 12.5. The molecule has 2 heterocycles. The standard InChI is InChI=1S/C16H19N3O3/c1-2-14-17-11-6-3-4-7-12(11)19(14)10-15(20)18-9-5-8-13(18)16(21)22/h3-4,6-7,13H,2,5,8-10H2,1H3,(H,21,22)/t13-/m1/s1. The lowest BCUT2D eigenvalue weighted by Gasteiger charge is -2.22. The number of para-hydroxylation sites is 2. The predicted molar refractivity (Wildman–Crippen MR) is 81.5 cm³/mol. The Hall–Kier alpha value is -2.37. The average molecular weight is 301 g/mol. The fraction of sp³-hybridized carbons (Fsp3) is 0.438. The summed E-state index contributed by atoms with van der Waals surface area (Å²) < 4.78 is 1.90. The molecule has 6 nitrogen and oxygen atoms in total. The highest BCUT2D eigenvalue weighted by Crippen LogP contribution is 2.20. The quantitative estimate of drug-likeness (QED) is 0.932. The normalized spacial score (nSPS) is 18.0. The molecule has 0 bridgehead atoms. The number of aryl methyl sites for hydroxylation is 1. The molecule has 116 valence electrons. The van der Waals surface area contributed by atoms with Gasteiger partial charge < -0.3 is 14.6 Å². The molecule has 6 heteroatoms. The monoisotopic (exact) mass is 301 g/mol. The van der Waals surface area contributed by atoms with Crippen molar-refractivity contribution >= 4 is 22.9 Å². The van der Waals surface area contributed by atoms with E-state index in [1.807, 2.05) is 35.8 Å². The van der Waals surface area contributed by atoms with Crippen LogP contribution >= 0.6 is 0 Å². The van der Waals surface area contributed by atoms with E-state index in [2.05, 4.69) is 4.98 Å². The number of carboxylic acids is 1. The van der Waals surface area contributed by atoms with Gasteiger partial charge in [-0.1, -0.05) is 19.1 Å². The summed E-state index contributed by atoms with van der Waals surface area (Å²) >= 11 is 0. The Morgan fingerprint density at radius 1 is 1.36 bits per heavy atom. The Balaban J connectivity index is 1.89. The van der Waals surface area contributed by atoms with E-state index in [9.17, 15) is 14.7 Å². The van der Waals surface area contributed by atoms with E-state index in [4.69, 9.17) is 0 Å². The summed E-state index contributed by atoms with van der Waals surface area (Å²) in [6, 6.07) is 7.01. The fourth-order valence-corrected chi connectivity index (χ4v) is 3.12. The number of aromatic nitrogens is 2. The van der Waals surface area contributed by atoms with E-state index in [0.717, 1.165) is 29.7 Å².